The van der Waals surface area contributed by atoms with Crippen LogP contribution < -0.4 is 0 Å². The van der Waals surface area contributed by atoms with Crippen LogP contribution in [0.2, 0.25) is 0 Å². The minimum atomic E-state index is -0.776. The normalized spacial score (nSPS) is 47.1. The van der Waals surface area contributed by atoms with E-state index in [1.807, 2.05) is 0 Å². The topological polar surface area (TPSA) is 0 Å². The van der Waals surface area contributed by atoms with Gasteiger partial charge in [-0.05, 0) is 87.4 Å². The van der Waals surface area contributed by atoms with E-state index in [1.54, 1.807) is 5.57 Å². The molecule has 0 saturated heterocycles. The molecule has 0 bridgehead atoms. The summed E-state index contributed by atoms with van der Waals surface area (Å²) >= 11 is 6.31. The summed E-state index contributed by atoms with van der Waals surface area (Å²) in [6.07, 6.45) is 12.9. The lowest BCUT2D eigenvalue weighted by Gasteiger charge is -2.42. The van der Waals surface area contributed by atoms with Gasteiger partial charge in [0.15, 0.2) is 0 Å². The molecule has 0 aliphatic heterocycles. The second-order valence-corrected chi connectivity index (χ2v) is 8.88. The lowest BCUT2D eigenvalue weighted by Crippen LogP contribution is -2.40. The third-order valence-corrected chi connectivity index (χ3v) is 7.49. The molecule has 0 heterocycles. The summed E-state index contributed by atoms with van der Waals surface area (Å²) in [5, 5.41) is -0.251. The van der Waals surface area contributed by atoms with Gasteiger partial charge in [-0.15, -0.1) is 11.6 Å². The van der Waals surface area contributed by atoms with Crippen LogP contribution in [0.5, 0.6) is 0 Å². The van der Waals surface area contributed by atoms with Crippen molar-refractivity contribution in [3.8, 4) is 0 Å². The van der Waals surface area contributed by atoms with Crippen LogP contribution >= 0.6 is 11.6 Å². The minimum absolute atomic E-state index is 0.236. The summed E-state index contributed by atoms with van der Waals surface area (Å²) in [6, 6.07) is 0. The van der Waals surface area contributed by atoms with Crippen LogP contribution in [0, 0.1) is 29.6 Å². The first-order valence-electron chi connectivity index (χ1n) is 9.53. The Hall–Kier alpha value is -0.0400. The summed E-state index contributed by atoms with van der Waals surface area (Å²) in [5.41, 5.74) is 1.72. The highest BCUT2D eigenvalue weighted by Gasteiger charge is 2.41. The van der Waals surface area contributed by atoms with E-state index in [0.717, 1.165) is 24.7 Å². The van der Waals surface area contributed by atoms with Gasteiger partial charge in [-0.25, -0.2) is 4.39 Å². The molecular formula is C20H32ClF. The highest BCUT2D eigenvalue weighted by Crippen LogP contribution is 2.46. The van der Waals surface area contributed by atoms with Crippen LogP contribution in [-0.4, -0.2) is 11.5 Å². The Morgan fingerprint density at radius 3 is 2.36 bits per heavy atom. The maximum absolute atomic E-state index is 14.6. The Labute approximate surface area is 140 Å². The van der Waals surface area contributed by atoms with Crippen molar-refractivity contribution >= 4 is 11.6 Å². The molecule has 0 spiro atoms. The first-order valence-corrected chi connectivity index (χ1v) is 9.97. The third kappa shape index (κ3) is 3.55. The molecule has 3 aliphatic carbocycles. The highest BCUT2D eigenvalue weighted by atomic mass is 35.5. The van der Waals surface area contributed by atoms with Crippen LogP contribution in [0.3, 0.4) is 0 Å². The van der Waals surface area contributed by atoms with Crippen molar-refractivity contribution in [1.29, 1.82) is 0 Å². The molecule has 0 aromatic carbocycles. The molecule has 5 unspecified atom stereocenters. The van der Waals surface area contributed by atoms with Gasteiger partial charge in [-0.1, -0.05) is 25.5 Å². The molecule has 0 aromatic rings. The van der Waals surface area contributed by atoms with Crippen molar-refractivity contribution < 1.29 is 4.39 Å². The van der Waals surface area contributed by atoms with Gasteiger partial charge in [0, 0.05) is 0 Å². The molecule has 2 saturated carbocycles. The first-order chi connectivity index (χ1) is 10.6. The quantitative estimate of drug-likeness (QED) is 0.399. The maximum atomic E-state index is 14.6. The summed E-state index contributed by atoms with van der Waals surface area (Å²) in [7, 11) is 0. The van der Waals surface area contributed by atoms with Gasteiger partial charge in [0.1, 0.15) is 6.17 Å². The fourth-order valence-electron chi connectivity index (χ4n) is 5.09. The SMILES string of the molecule is CC1CC=C(C2CCC(C3CCC(C)C(Cl)C3F)CC2)CC1. The van der Waals surface area contributed by atoms with Crippen LogP contribution in [0.25, 0.3) is 0 Å². The number of hydrogen-bond donors (Lipinski definition) is 0. The summed E-state index contributed by atoms with van der Waals surface area (Å²) in [5.74, 6) is 2.84. The van der Waals surface area contributed by atoms with E-state index in [0.29, 0.717) is 11.8 Å². The second-order valence-electron chi connectivity index (χ2n) is 8.38. The van der Waals surface area contributed by atoms with E-state index in [1.165, 1.54) is 44.9 Å². The number of hydrogen-bond acceptors (Lipinski definition) is 0. The van der Waals surface area contributed by atoms with Crippen LogP contribution in [-0.2, 0) is 0 Å². The van der Waals surface area contributed by atoms with Crippen molar-refractivity contribution in [3.63, 3.8) is 0 Å². The average molecular weight is 327 g/mol. The summed E-state index contributed by atoms with van der Waals surface area (Å²) in [6.45, 7) is 4.46. The zero-order valence-corrected chi connectivity index (χ0v) is 15.0. The predicted octanol–water partition coefficient (Wildman–Crippen LogP) is 6.53. The molecule has 0 aromatic heterocycles. The monoisotopic (exact) mass is 326 g/mol. The molecule has 3 rings (SSSR count). The average Bonchev–Trinajstić information content (AvgIpc) is 2.54. The number of alkyl halides is 2. The van der Waals surface area contributed by atoms with E-state index in [9.17, 15) is 4.39 Å². The lowest BCUT2D eigenvalue weighted by atomic mass is 9.67. The van der Waals surface area contributed by atoms with Crippen molar-refractivity contribution in [2.75, 3.05) is 0 Å². The van der Waals surface area contributed by atoms with E-state index >= 15 is 0 Å². The zero-order chi connectivity index (χ0) is 15.7. The van der Waals surface area contributed by atoms with Crippen molar-refractivity contribution in [3.05, 3.63) is 11.6 Å². The molecule has 2 fully saturated rings. The van der Waals surface area contributed by atoms with Crippen molar-refractivity contribution in [2.45, 2.75) is 83.2 Å². The molecule has 2 heteroatoms. The summed E-state index contributed by atoms with van der Waals surface area (Å²) in [4.78, 5) is 0. The Morgan fingerprint density at radius 2 is 1.73 bits per heavy atom. The van der Waals surface area contributed by atoms with Gasteiger partial charge < -0.3 is 0 Å². The molecule has 0 radical (unpaired) electrons. The van der Waals surface area contributed by atoms with Gasteiger partial charge in [0.2, 0.25) is 0 Å². The smallest absolute Gasteiger partial charge is 0.120 e. The number of allylic oxidation sites excluding steroid dienone is 2. The van der Waals surface area contributed by atoms with E-state index < -0.39 is 6.17 Å². The molecule has 3 aliphatic rings. The Balaban J connectivity index is 1.53. The van der Waals surface area contributed by atoms with E-state index in [4.69, 9.17) is 11.6 Å². The molecule has 22 heavy (non-hydrogen) atoms. The van der Waals surface area contributed by atoms with E-state index in [2.05, 4.69) is 19.9 Å². The van der Waals surface area contributed by atoms with Gasteiger partial charge in [-0.2, -0.15) is 0 Å². The number of halogens is 2. The van der Waals surface area contributed by atoms with Crippen LogP contribution in [0.4, 0.5) is 4.39 Å². The Morgan fingerprint density at radius 1 is 1.00 bits per heavy atom. The first kappa shape index (κ1) is 16.8. The Bertz CT molecular complexity index is 397. The summed E-state index contributed by atoms with van der Waals surface area (Å²) < 4.78 is 14.6. The van der Waals surface area contributed by atoms with Crippen molar-refractivity contribution in [1.82, 2.24) is 0 Å². The fourth-order valence-corrected chi connectivity index (χ4v) is 5.41. The number of rotatable bonds is 2. The van der Waals surface area contributed by atoms with Gasteiger partial charge >= 0.3 is 0 Å². The molecule has 5 atom stereocenters. The lowest BCUT2D eigenvalue weighted by molar-refractivity contribution is 0.0689. The second kappa shape index (κ2) is 7.24. The predicted molar refractivity (Wildman–Crippen MR) is 93.0 cm³/mol. The van der Waals surface area contributed by atoms with Gasteiger partial charge in [-0.3, -0.25) is 0 Å². The minimum Gasteiger partial charge on any atom is -0.246 e. The highest BCUT2D eigenvalue weighted by molar-refractivity contribution is 6.21. The molecule has 0 amide bonds. The molecule has 0 N–H and O–H groups in total. The van der Waals surface area contributed by atoms with E-state index in [-0.39, 0.29) is 11.3 Å². The molecular weight excluding hydrogens is 295 g/mol. The van der Waals surface area contributed by atoms with Crippen molar-refractivity contribution in [2.24, 2.45) is 29.6 Å². The van der Waals surface area contributed by atoms with Crippen LogP contribution in [0.1, 0.15) is 71.6 Å². The van der Waals surface area contributed by atoms with Gasteiger partial charge in [0.25, 0.3) is 0 Å². The zero-order valence-electron chi connectivity index (χ0n) is 14.2. The standard InChI is InChI=1S/C20H32ClF/c1-13-3-6-15(7-4-13)16-8-10-17(11-9-16)18-12-5-14(2)19(21)20(18)22/h6,13-14,16-20H,3-5,7-12H2,1-2H3. The fraction of sp³-hybridized carbons (Fsp3) is 0.900. The largest absolute Gasteiger partial charge is 0.246 e. The third-order valence-electron chi connectivity index (χ3n) is 6.82. The van der Waals surface area contributed by atoms with Crippen LogP contribution in [0.15, 0.2) is 11.6 Å². The molecule has 126 valence electrons. The Kier molecular flexibility index (Phi) is 5.53. The molecule has 0 nitrogen and oxygen atoms in total. The van der Waals surface area contributed by atoms with Gasteiger partial charge in [0.05, 0.1) is 5.38 Å². The maximum Gasteiger partial charge on any atom is 0.120 e.